The van der Waals surface area contributed by atoms with Crippen molar-refractivity contribution in [3.8, 4) is 0 Å². The van der Waals surface area contributed by atoms with Crippen molar-refractivity contribution in [3.05, 3.63) is 47.5 Å². The molecule has 0 radical (unpaired) electrons. The lowest BCUT2D eigenvalue weighted by Gasteiger charge is -2.27. The third kappa shape index (κ3) is 0.943. The van der Waals surface area contributed by atoms with Crippen LogP contribution in [-0.4, -0.2) is 0 Å². The van der Waals surface area contributed by atoms with Crippen LogP contribution in [-0.2, 0) is 10.8 Å². The zero-order valence-electron chi connectivity index (χ0n) is 10.4. The van der Waals surface area contributed by atoms with E-state index < -0.39 is 0 Å². The lowest BCUT2D eigenvalue weighted by molar-refractivity contribution is 0.553. The standard InChI is InChI=1S/C14H18/c1-10-13(2,3)11-8-6-7-9-12(11)14(10,4)5/h6-9H,1H2,2-5H3/i1D. The SMILES string of the molecule is [2H]C=C1C(C)(C)c2ccccc2C1(C)C. The molecule has 0 saturated carbocycles. The predicted molar refractivity (Wildman–Crippen MR) is 61.6 cm³/mol. The van der Waals surface area contributed by atoms with E-state index in [1.165, 1.54) is 16.7 Å². The monoisotopic (exact) mass is 187 g/mol. The minimum atomic E-state index is 0.00183. The second kappa shape index (κ2) is 2.50. The second-order valence-electron chi connectivity index (χ2n) is 5.21. The average molecular weight is 187 g/mol. The maximum Gasteiger partial charge on any atom is 0.0538 e. The van der Waals surface area contributed by atoms with E-state index in [1.807, 2.05) is 0 Å². The molecule has 1 aliphatic rings. The van der Waals surface area contributed by atoms with Crippen molar-refractivity contribution >= 4 is 0 Å². The molecule has 0 spiro atoms. The lowest BCUT2D eigenvalue weighted by Crippen LogP contribution is -2.22. The maximum absolute atomic E-state index is 7.62. The molecule has 0 bridgehead atoms. The Morgan fingerprint density at radius 1 is 1.00 bits per heavy atom. The van der Waals surface area contributed by atoms with Gasteiger partial charge in [-0.1, -0.05) is 64.1 Å². The van der Waals surface area contributed by atoms with Gasteiger partial charge in [0.2, 0.25) is 0 Å². The molecule has 0 saturated heterocycles. The van der Waals surface area contributed by atoms with Crippen LogP contribution in [0.5, 0.6) is 0 Å². The summed E-state index contributed by atoms with van der Waals surface area (Å²) in [6.45, 7) is 10.4. The fraction of sp³-hybridized carbons (Fsp3) is 0.429. The van der Waals surface area contributed by atoms with Crippen molar-refractivity contribution in [2.75, 3.05) is 0 Å². The molecule has 0 heteroatoms. The van der Waals surface area contributed by atoms with Crippen LogP contribution in [0.3, 0.4) is 0 Å². The molecule has 74 valence electrons. The first-order valence-electron chi connectivity index (χ1n) is 5.69. The highest BCUT2D eigenvalue weighted by Gasteiger charge is 2.44. The Balaban J connectivity index is 2.77. The van der Waals surface area contributed by atoms with Crippen molar-refractivity contribution in [2.24, 2.45) is 0 Å². The molecule has 14 heavy (non-hydrogen) atoms. The van der Waals surface area contributed by atoms with Gasteiger partial charge in [0.15, 0.2) is 0 Å². The van der Waals surface area contributed by atoms with Gasteiger partial charge >= 0.3 is 0 Å². The molecule has 0 N–H and O–H groups in total. The van der Waals surface area contributed by atoms with E-state index in [9.17, 15) is 0 Å². The summed E-state index contributed by atoms with van der Waals surface area (Å²) in [5.41, 5.74) is 3.95. The van der Waals surface area contributed by atoms with Crippen LogP contribution in [0.2, 0.25) is 0 Å². The second-order valence-corrected chi connectivity index (χ2v) is 5.21. The summed E-state index contributed by atoms with van der Waals surface area (Å²) in [6, 6.07) is 8.55. The quantitative estimate of drug-likeness (QED) is 0.542. The fourth-order valence-electron chi connectivity index (χ4n) is 2.64. The summed E-state index contributed by atoms with van der Waals surface area (Å²) in [6.07, 6.45) is 0. The molecule has 1 aliphatic carbocycles. The first kappa shape index (κ1) is 8.28. The molecule has 0 aliphatic heterocycles. The summed E-state index contributed by atoms with van der Waals surface area (Å²) in [5.74, 6) is 0. The van der Waals surface area contributed by atoms with Gasteiger partial charge < -0.3 is 0 Å². The Hall–Kier alpha value is -1.04. The number of benzene rings is 1. The van der Waals surface area contributed by atoms with Crippen molar-refractivity contribution in [1.29, 1.82) is 0 Å². The Kier molecular flexibility index (Phi) is 1.48. The van der Waals surface area contributed by atoms with Gasteiger partial charge in [0.1, 0.15) is 0 Å². The van der Waals surface area contributed by atoms with E-state index in [0.29, 0.717) is 0 Å². The molecule has 0 unspecified atom stereocenters. The van der Waals surface area contributed by atoms with Gasteiger partial charge in [-0.05, 0) is 11.1 Å². The summed E-state index contributed by atoms with van der Waals surface area (Å²) >= 11 is 0. The zero-order chi connectivity index (χ0) is 11.3. The highest BCUT2D eigenvalue weighted by atomic mass is 14.5. The molecule has 0 aromatic heterocycles. The number of allylic oxidation sites excluding steroid dienone is 1. The Morgan fingerprint density at radius 3 is 1.79 bits per heavy atom. The fourth-order valence-corrected chi connectivity index (χ4v) is 2.64. The van der Waals surface area contributed by atoms with E-state index in [1.54, 1.807) is 6.55 Å². The minimum Gasteiger partial charge on any atom is -0.0981 e. The Morgan fingerprint density at radius 2 is 1.43 bits per heavy atom. The van der Waals surface area contributed by atoms with Gasteiger partial charge in [0.05, 0.1) is 1.37 Å². The van der Waals surface area contributed by atoms with E-state index in [0.717, 1.165) is 0 Å². The molecular formula is C14H18. The van der Waals surface area contributed by atoms with Gasteiger partial charge in [0.25, 0.3) is 0 Å². The van der Waals surface area contributed by atoms with Crippen LogP contribution < -0.4 is 0 Å². The van der Waals surface area contributed by atoms with E-state index in [-0.39, 0.29) is 10.8 Å². The molecule has 1 aromatic carbocycles. The molecule has 0 atom stereocenters. The number of rotatable bonds is 0. The summed E-state index contributed by atoms with van der Waals surface area (Å²) in [7, 11) is 0. The molecule has 0 fully saturated rings. The van der Waals surface area contributed by atoms with Crippen LogP contribution in [0, 0.1) is 0 Å². The first-order chi connectivity index (χ1) is 6.92. The smallest absolute Gasteiger partial charge is 0.0538 e. The topological polar surface area (TPSA) is 0 Å². The number of hydrogen-bond donors (Lipinski definition) is 0. The van der Waals surface area contributed by atoms with Gasteiger partial charge in [-0.3, -0.25) is 0 Å². The average Bonchev–Trinajstić information content (AvgIpc) is 2.32. The molecule has 0 amide bonds. The van der Waals surface area contributed by atoms with E-state index in [2.05, 4.69) is 52.0 Å². The molecule has 1 aromatic rings. The molecule has 2 rings (SSSR count). The van der Waals surface area contributed by atoms with Crippen LogP contribution in [0.1, 0.15) is 40.2 Å². The molecular weight excluding hydrogens is 168 g/mol. The minimum absolute atomic E-state index is 0.00183. The number of fused-ring (bicyclic) bond motifs is 1. The van der Waals surface area contributed by atoms with Crippen molar-refractivity contribution in [1.82, 2.24) is 0 Å². The van der Waals surface area contributed by atoms with Crippen LogP contribution >= 0.6 is 0 Å². The van der Waals surface area contributed by atoms with Gasteiger partial charge in [-0.2, -0.15) is 0 Å². The summed E-state index contributed by atoms with van der Waals surface area (Å²) in [4.78, 5) is 0. The van der Waals surface area contributed by atoms with Crippen LogP contribution in [0.15, 0.2) is 36.4 Å². The van der Waals surface area contributed by atoms with Crippen molar-refractivity contribution in [3.63, 3.8) is 0 Å². The van der Waals surface area contributed by atoms with Crippen LogP contribution in [0.4, 0.5) is 0 Å². The first-order valence-corrected chi connectivity index (χ1v) is 5.12. The normalized spacial score (nSPS) is 22.9. The highest BCUT2D eigenvalue weighted by molar-refractivity contribution is 5.56. The third-order valence-electron chi connectivity index (χ3n) is 3.62. The third-order valence-corrected chi connectivity index (χ3v) is 3.62. The zero-order valence-corrected chi connectivity index (χ0v) is 9.39. The van der Waals surface area contributed by atoms with Gasteiger partial charge in [0, 0.05) is 10.8 Å². The lowest BCUT2D eigenvalue weighted by atomic mass is 9.77. The van der Waals surface area contributed by atoms with Gasteiger partial charge in [-0.15, -0.1) is 0 Å². The van der Waals surface area contributed by atoms with Crippen molar-refractivity contribution < 1.29 is 1.37 Å². The summed E-state index contributed by atoms with van der Waals surface area (Å²) in [5, 5.41) is 0. The Bertz CT molecular complexity index is 388. The maximum atomic E-state index is 7.62. The number of hydrogen-bond acceptors (Lipinski definition) is 0. The predicted octanol–water partition coefficient (Wildman–Crippen LogP) is 3.81. The van der Waals surface area contributed by atoms with Crippen LogP contribution in [0.25, 0.3) is 0 Å². The molecule has 0 nitrogen and oxygen atoms in total. The van der Waals surface area contributed by atoms with Crippen molar-refractivity contribution in [2.45, 2.75) is 38.5 Å². The van der Waals surface area contributed by atoms with E-state index >= 15 is 0 Å². The largest absolute Gasteiger partial charge is 0.0981 e. The van der Waals surface area contributed by atoms with E-state index in [4.69, 9.17) is 1.37 Å². The van der Waals surface area contributed by atoms with Gasteiger partial charge in [-0.25, -0.2) is 0 Å². The molecule has 0 heterocycles. The highest BCUT2D eigenvalue weighted by Crippen LogP contribution is 2.52. The summed E-state index contributed by atoms with van der Waals surface area (Å²) < 4.78 is 7.62. The Labute approximate surface area is 88.1 Å².